The number of carboxylic acids is 1. The maximum absolute atomic E-state index is 10.6. The number of carbonyl (C=O) groups is 2. The lowest BCUT2D eigenvalue weighted by Crippen LogP contribution is -2.45. The van der Waals surface area contributed by atoms with Gasteiger partial charge in [0.2, 0.25) is 0 Å². The van der Waals surface area contributed by atoms with Crippen LogP contribution in [0.5, 0.6) is 0 Å². The van der Waals surface area contributed by atoms with E-state index in [1.54, 1.807) is 0 Å². The van der Waals surface area contributed by atoms with Gasteiger partial charge >= 0.3 is 12.1 Å². The van der Waals surface area contributed by atoms with E-state index in [9.17, 15) is 9.59 Å². The quantitative estimate of drug-likeness (QED) is 0.452. The standard InChI is InChI=1S/C7H11NO4S/c1-2-3-8(7(11)12)5(4-13)6(9)10/h2,5,13H,1,3-4H2,(H,9,10)(H,11,12)/t5-/m0/s1. The predicted octanol–water partition coefficient (Wildman–Crippen LogP) is 0.535. The van der Waals surface area contributed by atoms with Crippen molar-refractivity contribution in [2.45, 2.75) is 6.04 Å². The summed E-state index contributed by atoms with van der Waals surface area (Å²) in [7, 11) is 0. The number of hydrogen-bond donors (Lipinski definition) is 3. The summed E-state index contributed by atoms with van der Waals surface area (Å²) in [6.45, 7) is 3.32. The molecule has 1 amide bonds. The van der Waals surface area contributed by atoms with E-state index < -0.39 is 18.1 Å². The van der Waals surface area contributed by atoms with E-state index in [1.807, 2.05) is 0 Å². The Morgan fingerprint density at radius 2 is 2.08 bits per heavy atom. The molecule has 0 aliphatic heterocycles. The highest BCUT2D eigenvalue weighted by atomic mass is 32.1. The number of aliphatic carboxylic acids is 1. The van der Waals surface area contributed by atoms with Gasteiger partial charge in [-0.1, -0.05) is 6.08 Å². The summed E-state index contributed by atoms with van der Waals surface area (Å²) >= 11 is 3.76. The van der Waals surface area contributed by atoms with Crippen LogP contribution in [0.2, 0.25) is 0 Å². The Bertz CT molecular complexity index is 219. The molecule has 13 heavy (non-hydrogen) atoms. The third kappa shape index (κ3) is 3.37. The first-order chi connectivity index (χ1) is 6.04. The molecule has 5 nitrogen and oxygen atoms in total. The fourth-order valence-corrected chi connectivity index (χ4v) is 1.14. The first-order valence-corrected chi connectivity index (χ1v) is 4.12. The molecule has 0 fully saturated rings. The monoisotopic (exact) mass is 205 g/mol. The molecule has 2 N–H and O–H groups in total. The lowest BCUT2D eigenvalue weighted by molar-refractivity contribution is -0.141. The average Bonchev–Trinajstić information content (AvgIpc) is 2.03. The molecule has 0 aliphatic carbocycles. The van der Waals surface area contributed by atoms with Crippen LogP contribution in [0, 0.1) is 0 Å². The van der Waals surface area contributed by atoms with Crippen molar-refractivity contribution < 1.29 is 19.8 Å². The van der Waals surface area contributed by atoms with E-state index in [4.69, 9.17) is 10.2 Å². The fraction of sp³-hybridized carbons (Fsp3) is 0.429. The lowest BCUT2D eigenvalue weighted by Gasteiger charge is -2.23. The Morgan fingerprint density at radius 3 is 2.31 bits per heavy atom. The Morgan fingerprint density at radius 1 is 1.54 bits per heavy atom. The Kier molecular flexibility index (Phi) is 4.98. The van der Waals surface area contributed by atoms with Crippen molar-refractivity contribution in [2.75, 3.05) is 12.3 Å². The van der Waals surface area contributed by atoms with Crippen LogP contribution in [0.3, 0.4) is 0 Å². The van der Waals surface area contributed by atoms with Crippen LogP contribution < -0.4 is 0 Å². The highest BCUT2D eigenvalue weighted by molar-refractivity contribution is 7.80. The fourth-order valence-electron chi connectivity index (χ4n) is 0.788. The van der Waals surface area contributed by atoms with Crippen LogP contribution in [0.25, 0.3) is 0 Å². The van der Waals surface area contributed by atoms with Crippen molar-refractivity contribution >= 4 is 24.7 Å². The summed E-state index contributed by atoms with van der Waals surface area (Å²) < 4.78 is 0. The molecule has 0 heterocycles. The summed E-state index contributed by atoms with van der Waals surface area (Å²) in [5, 5.41) is 17.3. The van der Waals surface area contributed by atoms with Crippen LogP contribution in [0.1, 0.15) is 0 Å². The first-order valence-electron chi connectivity index (χ1n) is 3.48. The highest BCUT2D eigenvalue weighted by Crippen LogP contribution is 2.03. The minimum Gasteiger partial charge on any atom is -0.480 e. The minimum absolute atomic E-state index is 0.0210. The van der Waals surface area contributed by atoms with Gasteiger partial charge in [0.1, 0.15) is 6.04 Å². The van der Waals surface area contributed by atoms with Gasteiger partial charge in [0, 0.05) is 12.3 Å². The maximum atomic E-state index is 10.6. The van der Waals surface area contributed by atoms with Crippen molar-refractivity contribution in [1.82, 2.24) is 4.90 Å². The van der Waals surface area contributed by atoms with Crippen molar-refractivity contribution in [3.63, 3.8) is 0 Å². The zero-order valence-electron chi connectivity index (χ0n) is 6.88. The largest absolute Gasteiger partial charge is 0.480 e. The molecule has 0 spiro atoms. The van der Waals surface area contributed by atoms with Crippen molar-refractivity contribution in [3.05, 3.63) is 12.7 Å². The first kappa shape index (κ1) is 11.8. The number of amides is 1. The van der Waals surface area contributed by atoms with E-state index in [2.05, 4.69) is 19.2 Å². The molecule has 0 rings (SSSR count). The molecule has 74 valence electrons. The third-order valence-corrected chi connectivity index (χ3v) is 1.75. The summed E-state index contributed by atoms with van der Waals surface area (Å²) in [6.07, 6.45) is 0.0365. The van der Waals surface area contributed by atoms with Crippen LogP contribution in [-0.2, 0) is 4.79 Å². The molecule has 0 unspecified atom stereocenters. The summed E-state index contributed by atoms with van der Waals surface area (Å²) in [5.74, 6) is -1.27. The summed E-state index contributed by atoms with van der Waals surface area (Å²) in [5.41, 5.74) is 0. The van der Waals surface area contributed by atoms with Crippen LogP contribution in [0.15, 0.2) is 12.7 Å². The topological polar surface area (TPSA) is 77.8 Å². The highest BCUT2D eigenvalue weighted by Gasteiger charge is 2.26. The molecule has 0 saturated carbocycles. The molecular weight excluding hydrogens is 194 g/mol. The maximum Gasteiger partial charge on any atom is 0.408 e. The number of carboxylic acid groups (broad SMARTS) is 2. The van der Waals surface area contributed by atoms with Crippen molar-refractivity contribution in [1.29, 1.82) is 0 Å². The van der Waals surface area contributed by atoms with Gasteiger partial charge in [-0.2, -0.15) is 12.6 Å². The molecule has 6 heteroatoms. The smallest absolute Gasteiger partial charge is 0.408 e. The normalized spacial score (nSPS) is 11.8. The van der Waals surface area contributed by atoms with Gasteiger partial charge in [0.05, 0.1) is 0 Å². The van der Waals surface area contributed by atoms with Gasteiger partial charge < -0.3 is 10.2 Å². The number of thiol groups is 1. The molecule has 0 radical (unpaired) electrons. The van der Waals surface area contributed by atoms with E-state index in [0.29, 0.717) is 0 Å². The summed E-state index contributed by atoms with van der Waals surface area (Å²) in [4.78, 5) is 21.9. The molecule has 0 bridgehead atoms. The SMILES string of the molecule is C=CCN(C(=O)O)[C@@H](CS)C(=O)O. The molecule has 0 aliphatic rings. The molecular formula is C7H11NO4S. The third-order valence-electron chi connectivity index (χ3n) is 1.41. The lowest BCUT2D eigenvalue weighted by atomic mass is 10.3. The number of rotatable bonds is 5. The molecule has 0 aromatic heterocycles. The van der Waals surface area contributed by atoms with Gasteiger partial charge in [0.25, 0.3) is 0 Å². The second kappa shape index (κ2) is 5.47. The minimum atomic E-state index is -1.29. The Hall–Kier alpha value is -1.17. The molecule has 0 aromatic carbocycles. The second-order valence-electron chi connectivity index (χ2n) is 2.26. The number of hydrogen-bond acceptors (Lipinski definition) is 3. The van der Waals surface area contributed by atoms with E-state index in [0.717, 1.165) is 4.90 Å². The second-order valence-corrected chi connectivity index (χ2v) is 2.63. The van der Waals surface area contributed by atoms with Crippen LogP contribution >= 0.6 is 12.6 Å². The average molecular weight is 205 g/mol. The predicted molar refractivity (Wildman–Crippen MR) is 50.2 cm³/mol. The van der Waals surface area contributed by atoms with E-state index >= 15 is 0 Å². The molecule has 0 saturated heterocycles. The van der Waals surface area contributed by atoms with Gasteiger partial charge in [0.15, 0.2) is 0 Å². The van der Waals surface area contributed by atoms with Gasteiger partial charge in [-0.15, -0.1) is 6.58 Å². The van der Waals surface area contributed by atoms with Crippen molar-refractivity contribution in [2.24, 2.45) is 0 Å². The number of nitrogens with zero attached hydrogens (tertiary/aromatic N) is 1. The van der Waals surface area contributed by atoms with E-state index in [-0.39, 0.29) is 12.3 Å². The zero-order valence-corrected chi connectivity index (χ0v) is 7.78. The van der Waals surface area contributed by atoms with Gasteiger partial charge in [-0.05, 0) is 0 Å². The van der Waals surface area contributed by atoms with E-state index in [1.165, 1.54) is 6.08 Å². The zero-order chi connectivity index (χ0) is 10.4. The Balaban J connectivity index is 4.57. The molecule has 0 aromatic rings. The van der Waals surface area contributed by atoms with Crippen LogP contribution in [-0.4, -0.2) is 45.5 Å². The van der Waals surface area contributed by atoms with Crippen molar-refractivity contribution in [3.8, 4) is 0 Å². The Labute approximate surface area is 81.1 Å². The summed E-state index contributed by atoms with van der Waals surface area (Å²) in [6, 6.07) is -1.13. The van der Waals surface area contributed by atoms with Gasteiger partial charge in [-0.3, -0.25) is 4.90 Å². The van der Waals surface area contributed by atoms with Gasteiger partial charge in [-0.25, -0.2) is 9.59 Å². The van der Waals surface area contributed by atoms with Crippen LogP contribution in [0.4, 0.5) is 4.79 Å². The molecule has 1 atom stereocenters.